The fourth-order valence-corrected chi connectivity index (χ4v) is 10.4. The summed E-state index contributed by atoms with van der Waals surface area (Å²) >= 11 is 0. The normalized spacial score (nSPS) is 12.6. The minimum Gasteiger partial charge on any atom is -0.310 e. The topological polar surface area (TPSA) is 8.17 Å². The Labute approximate surface area is 368 Å². The van der Waals surface area contributed by atoms with Gasteiger partial charge >= 0.3 is 0 Å². The van der Waals surface area contributed by atoms with Crippen molar-refractivity contribution in [2.75, 3.05) is 4.90 Å². The standard InChI is InChI=1S/C61H42N2/c1-5-19-43(20-6-1)44-35-37-49(38-36-44)62(50-28-17-25-47(41-50)61(46-23-9-3-10-24-46)56-32-15-13-29-53(56)54-30-14-16-33-57(54)61)51-39-40-55-59(42-51)63(48-26-11-4-12-27-48)58-34-18-31-52(60(55)58)45-21-7-2-8-22-45/h1-42H. The smallest absolute Gasteiger partial charge is 0.0714 e. The maximum atomic E-state index is 2.44. The summed E-state index contributed by atoms with van der Waals surface area (Å²) in [4.78, 5) is 2.44. The zero-order valence-electron chi connectivity index (χ0n) is 34.6. The summed E-state index contributed by atoms with van der Waals surface area (Å²) in [6.07, 6.45) is 0. The summed E-state index contributed by atoms with van der Waals surface area (Å²) < 4.78 is 2.44. The summed E-state index contributed by atoms with van der Waals surface area (Å²) in [5.41, 5.74) is 18.6. The van der Waals surface area contributed by atoms with Gasteiger partial charge in [0.15, 0.2) is 0 Å². The number of rotatable bonds is 8. The maximum absolute atomic E-state index is 2.44. The van der Waals surface area contributed by atoms with Crippen molar-refractivity contribution in [2.24, 2.45) is 0 Å². The van der Waals surface area contributed by atoms with E-state index < -0.39 is 5.41 Å². The van der Waals surface area contributed by atoms with Crippen LogP contribution in [-0.2, 0) is 5.41 Å². The van der Waals surface area contributed by atoms with E-state index in [1.165, 1.54) is 71.9 Å². The molecule has 2 heteroatoms. The van der Waals surface area contributed by atoms with E-state index in [2.05, 4.69) is 264 Å². The number of benzene rings is 10. The number of hydrogen-bond donors (Lipinski definition) is 0. The van der Waals surface area contributed by atoms with Crippen LogP contribution in [0.25, 0.3) is 60.9 Å². The third-order valence-corrected chi connectivity index (χ3v) is 13.1. The van der Waals surface area contributed by atoms with Gasteiger partial charge in [-0.1, -0.05) is 200 Å². The molecule has 1 aliphatic carbocycles. The molecular weight excluding hydrogens is 761 g/mol. The van der Waals surface area contributed by atoms with E-state index in [4.69, 9.17) is 0 Å². The average molecular weight is 803 g/mol. The lowest BCUT2D eigenvalue weighted by Gasteiger charge is -2.35. The predicted molar refractivity (Wildman–Crippen MR) is 264 cm³/mol. The number of para-hydroxylation sites is 1. The third kappa shape index (κ3) is 5.87. The second-order valence-electron chi connectivity index (χ2n) is 16.4. The summed E-state index contributed by atoms with van der Waals surface area (Å²) in [5, 5.41) is 2.46. The van der Waals surface area contributed by atoms with Crippen molar-refractivity contribution in [2.45, 2.75) is 5.41 Å². The van der Waals surface area contributed by atoms with Crippen LogP contribution in [0.3, 0.4) is 0 Å². The first-order valence-electron chi connectivity index (χ1n) is 21.8. The number of fused-ring (bicyclic) bond motifs is 6. The first-order chi connectivity index (χ1) is 31.3. The highest BCUT2D eigenvalue weighted by Crippen LogP contribution is 2.56. The molecular formula is C61H42N2. The van der Waals surface area contributed by atoms with Gasteiger partial charge in [-0.3, -0.25) is 0 Å². The molecule has 0 saturated carbocycles. The highest BCUT2D eigenvalue weighted by atomic mass is 15.1. The lowest BCUT2D eigenvalue weighted by atomic mass is 9.67. The van der Waals surface area contributed by atoms with Crippen LogP contribution in [0.4, 0.5) is 17.1 Å². The van der Waals surface area contributed by atoms with Crippen molar-refractivity contribution in [1.82, 2.24) is 4.57 Å². The van der Waals surface area contributed by atoms with Crippen LogP contribution in [-0.4, -0.2) is 4.57 Å². The molecule has 63 heavy (non-hydrogen) atoms. The third-order valence-electron chi connectivity index (χ3n) is 13.1. The van der Waals surface area contributed by atoms with Crippen molar-refractivity contribution in [3.8, 4) is 39.1 Å². The monoisotopic (exact) mass is 802 g/mol. The Balaban J connectivity index is 1.11. The van der Waals surface area contributed by atoms with Gasteiger partial charge in [-0.2, -0.15) is 0 Å². The molecule has 1 heterocycles. The lowest BCUT2D eigenvalue weighted by molar-refractivity contribution is 0.768. The molecule has 10 aromatic carbocycles. The zero-order chi connectivity index (χ0) is 41.7. The Bertz CT molecular complexity index is 3380. The highest BCUT2D eigenvalue weighted by Gasteiger charge is 2.46. The summed E-state index contributed by atoms with van der Waals surface area (Å²) in [5.74, 6) is 0. The molecule has 0 unspecified atom stereocenters. The maximum Gasteiger partial charge on any atom is 0.0714 e. The molecule has 2 nitrogen and oxygen atoms in total. The molecule has 11 aromatic rings. The van der Waals surface area contributed by atoms with Crippen molar-refractivity contribution >= 4 is 38.9 Å². The molecule has 0 saturated heterocycles. The van der Waals surface area contributed by atoms with Crippen LogP contribution >= 0.6 is 0 Å². The van der Waals surface area contributed by atoms with E-state index in [1.54, 1.807) is 0 Å². The second kappa shape index (κ2) is 15.1. The molecule has 0 radical (unpaired) electrons. The van der Waals surface area contributed by atoms with E-state index in [9.17, 15) is 0 Å². The first kappa shape index (κ1) is 36.6. The van der Waals surface area contributed by atoms with Crippen molar-refractivity contribution in [3.05, 3.63) is 277 Å². The fourth-order valence-electron chi connectivity index (χ4n) is 10.4. The molecule has 0 N–H and O–H groups in total. The van der Waals surface area contributed by atoms with Gasteiger partial charge in [-0.15, -0.1) is 0 Å². The number of aromatic nitrogens is 1. The van der Waals surface area contributed by atoms with Crippen molar-refractivity contribution in [3.63, 3.8) is 0 Å². The van der Waals surface area contributed by atoms with Gasteiger partial charge in [0.25, 0.3) is 0 Å². The number of hydrogen-bond acceptors (Lipinski definition) is 1. The van der Waals surface area contributed by atoms with Crippen LogP contribution in [0.5, 0.6) is 0 Å². The Hall–Kier alpha value is -8.20. The minimum absolute atomic E-state index is 0.523. The van der Waals surface area contributed by atoms with Gasteiger partial charge in [0.2, 0.25) is 0 Å². The Kier molecular flexibility index (Phi) is 8.76. The molecule has 296 valence electrons. The molecule has 0 atom stereocenters. The fraction of sp³-hybridized carbons (Fsp3) is 0.0164. The summed E-state index contributed by atoms with van der Waals surface area (Å²) in [6, 6.07) is 93.3. The zero-order valence-corrected chi connectivity index (χ0v) is 34.6. The van der Waals surface area contributed by atoms with Crippen LogP contribution in [0.1, 0.15) is 22.3 Å². The van der Waals surface area contributed by atoms with Crippen LogP contribution < -0.4 is 4.90 Å². The van der Waals surface area contributed by atoms with Crippen LogP contribution in [0, 0.1) is 0 Å². The number of nitrogens with zero attached hydrogens (tertiary/aromatic N) is 2. The minimum atomic E-state index is -0.523. The highest BCUT2D eigenvalue weighted by molar-refractivity contribution is 6.16. The van der Waals surface area contributed by atoms with Crippen molar-refractivity contribution < 1.29 is 0 Å². The quantitative estimate of drug-likeness (QED) is 0.149. The predicted octanol–water partition coefficient (Wildman–Crippen LogP) is 16.0. The van der Waals surface area contributed by atoms with Gasteiger partial charge < -0.3 is 9.47 Å². The molecule has 0 spiro atoms. The molecule has 0 fully saturated rings. The van der Waals surface area contributed by atoms with E-state index in [1.807, 2.05) is 0 Å². The van der Waals surface area contributed by atoms with Crippen LogP contribution in [0.2, 0.25) is 0 Å². The van der Waals surface area contributed by atoms with Gasteiger partial charge in [0, 0.05) is 33.5 Å². The SMILES string of the molecule is c1ccc(-c2ccc(N(c3cccc(C4(c5ccccc5)c5ccccc5-c5ccccc54)c3)c3ccc4c5c(-c6ccccc6)cccc5n(-c5ccccc5)c4c3)cc2)cc1. The molecule has 0 aliphatic heterocycles. The lowest BCUT2D eigenvalue weighted by Crippen LogP contribution is -2.28. The Morgan fingerprint density at radius 2 is 0.825 bits per heavy atom. The second-order valence-corrected chi connectivity index (χ2v) is 16.4. The average Bonchev–Trinajstić information content (AvgIpc) is 3.86. The molecule has 1 aliphatic rings. The van der Waals surface area contributed by atoms with E-state index in [-0.39, 0.29) is 0 Å². The number of anilines is 3. The largest absolute Gasteiger partial charge is 0.310 e. The molecule has 12 rings (SSSR count). The summed E-state index contributed by atoms with van der Waals surface area (Å²) in [6.45, 7) is 0. The van der Waals surface area contributed by atoms with Gasteiger partial charge in [0.1, 0.15) is 0 Å². The van der Waals surface area contributed by atoms with E-state index >= 15 is 0 Å². The first-order valence-corrected chi connectivity index (χ1v) is 21.8. The summed E-state index contributed by atoms with van der Waals surface area (Å²) in [7, 11) is 0. The molecule has 1 aromatic heterocycles. The van der Waals surface area contributed by atoms with Crippen LogP contribution in [0.15, 0.2) is 255 Å². The Morgan fingerprint density at radius 3 is 1.51 bits per heavy atom. The van der Waals surface area contributed by atoms with Gasteiger partial charge in [-0.25, -0.2) is 0 Å². The molecule has 0 bridgehead atoms. The molecule has 0 amide bonds. The van der Waals surface area contributed by atoms with Crippen molar-refractivity contribution in [1.29, 1.82) is 0 Å². The van der Waals surface area contributed by atoms with E-state index in [0.29, 0.717) is 0 Å². The van der Waals surface area contributed by atoms with Gasteiger partial charge in [0.05, 0.1) is 16.4 Å². The van der Waals surface area contributed by atoms with E-state index in [0.717, 1.165) is 28.3 Å². The Morgan fingerprint density at radius 1 is 0.317 bits per heavy atom. The van der Waals surface area contributed by atoms with Gasteiger partial charge in [-0.05, 0) is 110 Å².